The second-order valence-corrected chi connectivity index (χ2v) is 4.77. The summed E-state index contributed by atoms with van der Waals surface area (Å²) in [7, 11) is 0. The van der Waals surface area contributed by atoms with Crippen LogP contribution in [0.4, 0.5) is 0 Å². The van der Waals surface area contributed by atoms with Crippen molar-refractivity contribution in [1.29, 1.82) is 0 Å². The summed E-state index contributed by atoms with van der Waals surface area (Å²) in [6.07, 6.45) is 3.67. The molecule has 0 saturated heterocycles. The maximum atomic E-state index is 10.5. The van der Waals surface area contributed by atoms with Crippen LogP contribution in [0, 0.1) is 0 Å². The molecule has 0 amide bonds. The molecule has 0 heterocycles. The molecule has 0 fully saturated rings. The maximum Gasteiger partial charge on any atom is 0.328 e. The molecule has 3 nitrogen and oxygen atoms in total. The molecule has 1 aromatic carbocycles. The van der Waals surface area contributed by atoms with Crippen molar-refractivity contribution in [2.45, 2.75) is 39.4 Å². The van der Waals surface area contributed by atoms with Crippen LogP contribution in [-0.4, -0.2) is 16.7 Å². The minimum Gasteiger partial charge on any atom is -0.478 e. The quantitative estimate of drug-likeness (QED) is 0.784. The van der Waals surface area contributed by atoms with Gasteiger partial charge in [0.05, 0.1) is 12.2 Å². The van der Waals surface area contributed by atoms with Crippen LogP contribution in [-0.2, 0) is 16.1 Å². The van der Waals surface area contributed by atoms with Crippen LogP contribution >= 0.6 is 0 Å². The second-order valence-electron chi connectivity index (χ2n) is 4.77. The Labute approximate surface area is 108 Å². The van der Waals surface area contributed by atoms with Crippen LogP contribution in [0.3, 0.4) is 0 Å². The van der Waals surface area contributed by atoms with Crippen molar-refractivity contribution in [1.82, 2.24) is 0 Å². The molecule has 0 unspecified atom stereocenters. The van der Waals surface area contributed by atoms with E-state index < -0.39 is 5.97 Å². The molecule has 0 spiro atoms. The van der Waals surface area contributed by atoms with E-state index in [4.69, 9.17) is 9.84 Å². The van der Waals surface area contributed by atoms with Crippen molar-refractivity contribution in [2.75, 3.05) is 0 Å². The number of hydrogen-bond donors (Lipinski definition) is 1. The van der Waals surface area contributed by atoms with Gasteiger partial charge in [0.1, 0.15) is 0 Å². The van der Waals surface area contributed by atoms with Crippen molar-refractivity contribution in [3.8, 4) is 0 Å². The maximum absolute atomic E-state index is 10.5. The summed E-state index contributed by atoms with van der Waals surface area (Å²) < 4.78 is 5.83. The monoisotopic (exact) mass is 248 g/mol. The van der Waals surface area contributed by atoms with Gasteiger partial charge in [-0.2, -0.15) is 0 Å². The zero-order valence-electron chi connectivity index (χ0n) is 11.1. The summed E-state index contributed by atoms with van der Waals surface area (Å²) in [5.74, 6) is -0.945. The van der Waals surface area contributed by atoms with Gasteiger partial charge in [0.15, 0.2) is 0 Å². The predicted octanol–water partition coefficient (Wildman–Crippen LogP) is 3.49. The number of carboxylic acids is 1. The minimum absolute atomic E-state index is 0.163. The number of benzene rings is 1. The highest BCUT2D eigenvalue weighted by molar-refractivity contribution is 5.85. The van der Waals surface area contributed by atoms with Crippen molar-refractivity contribution >= 4 is 12.0 Å². The van der Waals surface area contributed by atoms with E-state index in [9.17, 15) is 4.79 Å². The molecular formula is C15H20O3. The first-order valence-corrected chi connectivity index (χ1v) is 6.07. The van der Waals surface area contributed by atoms with E-state index in [1.54, 1.807) is 6.08 Å². The third-order valence-electron chi connectivity index (χ3n) is 2.93. The molecule has 98 valence electrons. The molecule has 0 aliphatic heterocycles. The minimum atomic E-state index is -0.945. The Morgan fingerprint density at radius 2 is 2.06 bits per heavy atom. The molecule has 0 bridgehead atoms. The van der Waals surface area contributed by atoms with Gasteiger partial charge in [-0.15, -0.1) is 0 Å². The highest BCUT2D eigenvalue weighted by Gasteiger charge is 2.15. The summed E-state index contributed by atoms with van der Waals surface area (Å²) >= 11 is 0. The molecule has 1 rings (SSSR count). The SMILES string of the molecule is CCC(C)(C)OCc1ccccc1/C=C/C(=O)O. The van der Waals surface area contributed by atoms with E-state index in [0.717, 1.165) is 23.6 Å². The number of aliphatic carboxylic acids is 1. The average molecular weight is 248 g/mol. The number of rotatable bonds is 6. The van der Waals surface area contributed by atoms with Crippen molar-refractivity contribution in [3.05, 3.63) is 41.5 Å². The van der Waals surface area contributed by atoms with E-state index in [0.29, 0.717) is 6.61 Å². The molecule has 3 heteroatoms. The molecule has 0 aromatic heterocycles. The lowest BCUT2D eigenvalue weighted by molar-refractivity contribution is -0.131. The Bertz CT molecular complexity index is 433. The average Bonchev–Trinajstić information content (AvgIpc) is 2.35. The molecule has 0 saturated carbocycles. The largest absolute Gasteiger partial charge is 0.478 e. The Morgan fingerprint density at radius 3 is 2.67 bits per heavy atom. The zero-order chi connectivity index (χ0) is 13.6. The second kappa shape index (κ2) is 6.36. The fourth-order valence-electron chi connectivity index (χ4n) is 1.36. The summed E-state index contributed by atoms with van der Waals surface area (Å²) in [6.45, 7) is 6.66. The first kappa shape index (κ1) is 14.5. The number of ether oxygens (including phenoxy) is 1. The molecule has 0 radical (unpaired) electrons. The van der Waals surface area contributed by atoms with Crippen LogP contribution in [0.1, 0.15) is 38.3 Å². The van der Waals surface area contributed by atoms with E-state index in [2.05, 4.69) is 6.92 Å². The molecule has 0 aliphatic carbocycles. The molecule has 1 aromatic rings. The molecular weight excluding hydrogens is 228 g/mol. The Balaban J connectivity index is 2.80. The number of hydrogen-bond acceptors (Lipinski definition) is 2. The van der Waals surface area contributed by atoms with Gasteiger partial charge in [-0.05, 0) is 37.5 Å². The van der Waals surface area contributed by atoms with Gasteiger partial charge in [0.25, 0.3) is 0 Å². The molecule has 1 N–H and O–H groups in total. The van der Waals surface area contributed by atoms with Gasteiger partial charge in [0, 0.05) is 6.08 Å². The lowest BCUT2D eigenvalue weighted by Gasteiger charge is -2.24. The van der Waals surface area contributed by atoms with E-state index in [1.165, 1.54) is 0 Å². The van der Waals surface area contributed by atoms with Gasteiger partial charge in [-0.3, -0.25) is 0 Å². The highest BCUT2D eigenvalue weighted by atomic mass is 16.5. The van der Waals surface area contributed by atoms with Crippen LogP contribution < -0.4 is 0 Å². The van der Waals surface area contributed by atoms with Crippen LogP contribution in [0.15, 0.2) is 30.3 Å². The van der Waals surface area contributed by atoms with Crippen molar-refractivity contribution in [2.24, 2.45) is 0 Å². The topological polar surface area (TPSA) is 46.5 Å². The van der Waals surface area contributed by atoms with Crippen LogP contribution in [0.5, 0.6) is 0 Å². The van der Waals surface area contributed by atoms with Gasteiger partial charge in [-0.25, -0.2) is 4.79 Å². The zero-order valence-corrected chi connectivity index (χ0v) is 11.1. The van der Waals surface area contributed by atoms with E-state index >= 15 is 0 Å². The third kappa shape index (κ3) is 4.72. The van der Waals surface area contributed by atoms with E-state index in [1.807, 2.05) is 38.1 Å². The standard InChI is InChI=1S/C15H20O3/c1-4-15(2,3)18-11-13-8-6-5-7-12(13)9-10-14(16)17/h5-10H,4,11H2,1-3H3,(H,16,17)/b10-9+. The lowest BCUT2D eigenvalue weighted by Crippen LogP contribution is -2.22. The summed E-state index contributed by atoms with van der Waals surface area (Å²) in [4.78, 5) is 10.5. The van der Waals surface area contributed by atoms with Crippen molar-refractivity contribution < 1.29 is 14.6 Å². The van der Waals surface area contributed by atoms with Gasteiger partial charge < -0.3 is 9.84 Å². The molecule has 0 aliphatic rings. The lowest BCUT2D eigenvalue weighted by atomic mass is 10.1. The fourth-order valence-corrected chi connectivity index (χ4v) is 1.36. The number of carboxylic acid groups (broad SMARTS) is 1. The smallest absolute Gasteiger partial charge is 0.328 e. The fraction of sp³-hybridized carbons (Fsp3) is 0.400. The van der Waals surface area contributed by atoms with Crippen molar-refractivity contribution in [3.63, 3.8) is 0 Å². The summed E-state index contributed by atoms with van der Waals surface area (Å²) in [5, 5.41) is 8.64. The Hall–Kier alpha value is -1.61. The first-order chi connectivity index (χ1) is 8.44. The summed E-state index contributed by atoms with van der Waals surface area (Å²) in [6, 6.07) is 7.65. The predicted molar refractivity (Wildman–Crippen MR) is 72.3 cm³/mol. The highest BCUT2D eigenvalue weighted by Crippen LogP contribution is 2.19. The Morgan fingerprint density at radius 1 is 1.39 bits per heavy atom. The molecule has 0 atom stereocenters. The van der Waals surface area contributed by atoms with E-state index in [-0.39, 0.29) is 5.60 Å². The van der Waals surface area contributed by atoms with Crippen LogP contribution in [0.2, 0.25) is 0 Å². The number of carbonyl (C=O) groups is 1. The Kier molecular flexibility index (Phi) is 5.10. The molecule has 18 heavy (non-hydrogen) atoms. The van der Waals surface area contributed by atoms with Crippen LogP contribution in [0.25, 0.3) is 6.08 Å². The third-order valence-corrected chi connectivity index (χ3v) is 2.93. The van der Waals surface area contributed by atoms with Gasteiger partial charge >= 0.3 is 5.97 Å². The van der Waals surface area contributed by atoms with Gasteiger partial charge in [0.2, 0.25) is 0 Å². The summed E-state index contributed by atoms with van der Waals surface area (Å²) in [5.41, 5.74) is 1.72. The normalized spacial score (nSPS) is 11.9. The van der Waals surface area contributed by atoms with Gasteiger partial charge in [-0.1, -0.05) is 31.2 Å². The first-order valence-electron chi connectivity index (χ1n) is 6.07.